The second kappa shape index (κ2) is 6.16. The van der Waals surface area contributed by atoms with Crippen molar-refractivity contribution in [3.8, 4) is 5.75 Å². The molecule has 0 bridgehead atoms. The molecule has 0 heterocycles. The van der Waals surface area contributed by atoms with Crippen LogP contribution >= 0.6 is 0 Å². The molecule has 16 heavy (non-hydrogen) atoms. The number of para-hydroxylation sites is 1. The molecule has 3 heteroatoms. The number of aryl methyl sites for hydroxylation is 1. The first-order chi connectivity index (χ1) is 7.65. The second-order valence-electron chi connectivity index (χ2n) is 3.84. The monoisotopic (exact) mass is 222 g/mol. The Balaban J connectivity index is 2.45. The van der Waals surface area contributed by atoms with Gasteiger partial charge in [-0.05, 0) is 24.5 Å². The van der Waals surface area contributed by atoms with Gasteiger partial charge in [0.2, 0.25) is 0 Å². The highest BCUT2D eigenvalue weighted by Crippen LogP contribution is 2.18. The summed E-state index contributed by atoms with van der Waals surface area (Å²) in [7, 11) is 0. The molecular weight excluding hydrogens is 204 g/mol. The van der Waals surface area contributed by atoms with Crippen molar-refractivity contribution in [1.82, 2.24) is 0 Å². The third-order valence-electron chi connectivity index (χ3n) is 2.58. The van der Waals surface area contributed by atoms with Gasteiger partial charge in [0, 0.05) is 0 Å². The van der Waals surface area contributed by atoms with Crippen molar-refractivity contribution in [1.29, 1.82) is 0 Å². The van der Waals surface area contributed by atoms with Crippen LogP contribution in [0.5, 0.6) is 5.75 Å². The van der Waals surface area contributed by atoms with Gasteiger partial charge in [-0.2, -0.15) is 0 Å². The van der Waals surface area contributed by atoms with E-state index in [0.29, 0.717) is 13.0 Å². The summed E-state index contributed by atoms with van der Waals surface area (Å²) in [4.78, 5) is 10.6. The van der Waals surface area contributed by atoms with Crippen LogP contribution in [0.3, 0.4) is 0 Å². The second-order valence-corrected chi connectivity index (χ2v) is 3.84. The topological polar surface area (TPSA) is 46.5 Å². The van der Waals surface area contributed by atoms with E-state index in [1.165, 1.54) is 0 Å². The van der Waals surface area contributed by atoms with Crippen LogP contribution in [0.25, 0.3) is 0 Å². The minimum atomic E-state index is -0.771. The molecule has 1 N–H and O–H groups in total. The number of ether oxygens (including phenoxy) is 1. The van der Waals surface area contributed by atoms with Crippen LogP contribution in [0.2, 0.25) is 0 Å². The van der Waals surface area contributed by atoms with Gasteiger partial charge in [-0.15, -0.1) is 0 Å². The van der Waals surface area contributed by atoms with Gasteiger partial charge >= 0.3 is 5.97 Å². The first-order valence-corrected chi connectivity index (χ1v) is 5.58. The molecule has 0 aliphatic heterocycles. The Morgan fingerprint density at radius 1 is 1.44 bits per heavy atom. The minimum absolute atomic E-state index is 0.353. The lowest BCUT2D eigenvalue weighted by Crippen LogP contribution is -2.13. The summed E-state index contributed by atoms with van der Waals surface area (Å²) in [5.74, 6) is -0.260. The Morgan fingerprint density at radius 3 is 2.75 bits per heavy atom. The fraction of sp³-hybridized carbons (Fsp3) is 0.462. The normalized spacial score (nSPS) is 12.1. The van der Waals surface area contributed by atoms with Gasteiger partial charge in [0.05, 0.1) is 12.5 Å². The van der Waals surface area contributed by atoms with Crippen LogP contribution in [0.15, 0.2) is 24.3 Å². The summed E-state index contributed by atoms with van der Waals surface area (Å²) in [6.07, 6.45) is 1.46. The molecule has 0 saturated heterocycles. The van der Waals surface area contributed by atoms with Crippen molar-refractivity contribution in [2.45, 2.75) is 26.7 Å². The molecule has 88 valence electrons. The lowest BCUT2D eigenvalue weighted by molar-refractivity contribution is -0.141. The molecular formula is C13H18O3. The van der Waals surface area contributed by atoms with Crippen molar-refractivity contribution >= 4 is 5.97 Å². The van der Waals surface area contributed by atoms with E-state index < -0.39 is 5.97 Å². The lowest BCUT2D eigenvalue weighted by atomic mass is 10.1. The first-order valence-electron chi connectivity index (χ1n) is 5.58. The third kappa shape index (κ3) is 3.57. The van der Waals surface area contributed by atoms with E-state index in [1.807, 2.05) is 24.3 Å². The minimum Gasteiger partial charge on any atom is -0.493 e. The van der Waals surface area contributed by atoms with Crippen molar-refractivity contribution in [2.24, 2.45) is 5.92 Å². The molecule has 0 aromatic heterocycles. The lowest BCUT2D eigenvalue weighted by Gasteiger charge is -2.11. The quantitative estimate of drug-likeness (QED) is 0.805. The number of hydrogen-bond acceptors (Lipinski definition) is 2. The molecule has 0 amide bonds. The molecule has 3 nitrogen and oxygen atoms in total. The molecule has 0 spiro atoms. The van der Waals surface area contributed by atoms with Crippen molar-refractivity contribution in [2.75, 3.05) is 6.61 Å². The maximum absolute atomic E-state index is 10.6. The van der Waals surface area contributed by atoms with Crippen LogP contribution in [0.4, 0.5) is 0 Å². The van der Waals surface area contributed by atoms with Gasteiger partial charge in [-0.25, -0.2) is 0 Å². The number of benzene rings is 1. The van der Waals surface area contributed by atoms with E-state index in [0.717, 1.165) is 17.7 Å². The third-order valence-corrected chi connectivity index (χ3v) is 2.58. The highest BCUT2D eigenvalue weighted by molar-refractivity contribution is 5.69. The molecule has 1 rings (SSSR count). The van der Waals surface area contributed by atoms with E-state index in [4.69, 9.17) is 9.84 Å². The number of aliphatic carboxylic acids is 1. The van der Waals surface area contributed by atoms with Gasteiger partial charge < -0.3 is 9.84 Å². The smallest absolute Gasteiger partial charge is 0.306 e. The highest BCUT2D eigenvalue weighted by Gasteiger charge is 2.10. The van der Waals surface area contributed by atoms with E-state index in [9.17, 15) is 4.79 Å². The Bertz CT molecular complexity index is 347. The van der Waals surface area contributed by atoms with Crippen LogP contribution in [0, 0.1) is 5.92 Å². The predicted molar refractivity (Wildman–Crippen MR) is 62.7 cm³/mol. The highest BCUT2D eigenvalue weighted by atomic mass is 16.5. The SMILES string of the molecule is CCc1ccccc1OCCC(C)C(=O)O. The summed E-state index contributed by atoms with van der Waals surface area (Å²) in [6, 6.07) is 7.85. The Morgan fingerprint density at radius 2 is 2.12 bits per heavy atom. The summed E-state index contributed by atoms with van der Waals surface area (Å²) < 4.78 is 5.59. The maximum Gasteiger partial charge on any atom is 0.306 e. The van der Waals surface area contributed by atoms with Gasteiger partial charge in [-0.3, -0.25) is 4.79 Å². The Labute approximate surface area is 96.1 Å². The molecule has 0 aliphatic carbocycles. The van der Waals surface area contributed by atoms with Crippen LogP contribution in [-0.4, -0.2) is 17.7 Å². The van der Waals surface area contributed by atoms with Gasteiger partial charge in [0.15, 0.2) is 0 Å². The van der Waals surface area contributed by atoms with E-state index in [-0.39, 0.29) is 5.92 Å². The maximum atomic E-state index is 10.6. The van der Waals surface area contributed by atoms with Crippen molar-refractivity contribution in [3.63, 3.8) is 0 Å². The largest absolute Gasteiger partial charge is 0.493 e. The van der Waals surface area contributed by atoms with E-state index in [2.05, 4.69) is 6.92 Å². The van der Waals surface area contributed by atoms with Crippen LogP contribution < -0.4 is 4.74 Å². The molecule has 0 fully saturated rings. The predicted octanol–water partition coefficient (Wildman–Crippen LogP) is 2.74. The molecule has 0 saturated carbocycles. The van der Waals surface area contributed by atoms with Crippen molar-refractivity contribution in [3.05, 3.63) is 29.8 Å². The molecule has 1 aromatic rings. The Kier molecular flexibility index (Phi) is 4.83. The number of carboxylic acids is 1. The Hall–Kier alpha value is -1.51. The number of carboxylic acid groups (broad SMARTS) is 1. The zero-order valence-corrected chi connectivity index (χ0v) is 9.77. The number of hydrogen-bond donors (Lipinski definition) is 1. The zero-order valence-electron chi connectivity index (χ0n) is 9.77. The van der Waals surface area contributed by atoms with Gasteiger partial charge in [0.1, 0.15) is 5.75 Å². The average molecular weight is 222 g/mol. The molecule has 1 atom stereocenters. The first kappa shape index (κ1) is 12.6. The summed E-state index contributed by atoms with van der Waals surface area (Å²) in [5.41, 5.74) is 1.16. The van der Waals surface area contributed by atoms with Crippen molar-refractivity contribution < 1.29 is 14.6 Å². The number of rotatable bonds is 6. The summed E-state index contributed by atoms with van der Waals surface area (Å²) in [6.45, 7) is 4.21. The molecule has 1 unspecified atom stereocenters. The molecule has 0 aliphatic rings. The fourth-order valence-electron chi connectivity index (χ4n) is 1.41. The average Bonchev–Trinajstić information content (AvgIpc) is 2.29. The summed E-state index contributed by atoms with van der Waals surface area (Å²) >= 11 is 0. The van der Waals surface area contributed by atoms with Gasteiger partial charge in [0.25, 0.3) is 0 Å². The van der Waals surface area contributed by atoms with Gasteiger partial charge in [-0.1, -0.05) is 32.0 Å². The van der Waals surface area contributed by atoms with E-state index >= 15 is 0 Å². The molecule has 0 radical (unpaired) electrons. The standard InChI is InChI=1S/C13H18O3/c1-3-11-6-4-5-7-12(11)16-9-8-10(2)13(14)15/h4-7,10H,3,8-9H2,1-2H3,(H,14,15). The fourth-order valence-corrected chi connectivity index (χ4v) is 1.41. The molecule has 1 aromatic carbocycles. The van der Waals surface area contributed by atoms with Crippen LogP contribution in [-0.2, 0) is 11.2 Å². The van der Waals surface area contributed by atoms with Crippen LogP contribution in [0.1, 0.15) is 25.8 Å². The number of carbonyl (C=O) groups is 1. The zero-order chi connectivity index (χ0) is 12.0. The van der Waals surface area contributed by atoms with E-state index in [1.54, 1.807) is 6.92 Å². The summed E-state index contributed by atoms with van der Waals surface area (Å²) in [5, 5.41) is 8.72.